The maximum Gasteiger partial charge on any atom is 0.180 e. The minimum atomic E-state index is 0.0486. The molecule has 0 saturated heterocycles. The topological polar surface area (TPSA) is 62.7 Å². The van der Waals surface area contributed by atoms with Crippen molar-refractivity contribution >= 4 is 22.1 Å². The van der Waals surface area contributed by atoms with Gasteiger partial charge in [-0.1, -0.05) is 121 Å². The fourth-order valence-corrected chi connectivity index (χ4v) is 6.90. The molecule has 0 aliphatic heterocycles. The van der Waals surface area contributed by atoms with E-state index in [1.54, 1.807) is 0 Å². The fraction of sp³-hybridized carbons (Fsp3) is 0.0238. The van der Waals surface area contributed by atoms with Gasteiger partial charge < -0.3 is 4.42 Å². The van der Waals surface area contributed by atoms with E-state index in [9.17, 15) is 5.26 Å². The summed E-state index contributed by atoms with van der Waals surface area (Å²) in [5, 5.41) is 11.0. The van der Waals surface area contributed by atoms with E-state index in [0.717, 1.165) is 50.0 Å². The van der Waals surface area contributed by atoms with Gasteiger partial charge in [0.15, 0.2) is 11.4 Å². The predicted molar refractivity (Wildman–Crippen MR) is 183 cm³/mol. The van der Waals surface area contributed by atoms with Crippen molar-refractivity contribution in [2.45, 2.75) is 5.92 Å². The SMILES string of the molecule is N#Cc1cc(-c2ccc3oc4c(-c5ccccc5)nc(-c5ccccc5)nc4c3c2)cc(C2c3ccccc3-c3ccccc32)c1. The number of aromatic nitrogens is 2. The molecule has 0 saturated carbocycles. The average Bonchev–Trinajstić information content (AvgIpc) is 3.67. The lowest BCUT2D eigenvalue weighted by atomic mass is 9.86. The lowest BCUT2D eigenvalue weighted by Crippen LogP contribution is -2.00. The van der Waals surface area contributed by atoms with Crippen LogP contribution in [-0.2, 0) is 0 Å². The first-order valence-corrected chi connectivity index (χ1v) is 15.3. The second-order valence-corrected chi connectivity index (χ2v) is 11.7. The molecule has 6 aromatic carbocycles. The van der Waals surface area contributed by atoms with E-state index in [1.807, 2.05) is 78.9 Å². The van der Waals surface area contributed by atoms with Crippen molar-refractivity contribution in [1.29, 1.82) is 5.26 Å². The summed E-state index contributed by atoms with van der Waals surface area (Å²) in [4.78, 5) is 10.1. The highest BCUT2D eigenvalue weighted by Crippen LogP contribution is 2.48. The number of rotatable bonds is 4. The van der Waals surface area contributed by atoms with Crippen LogP contribution in [-0.4, -0.2) is 9.97 Å². The first-order valence-electron chi connectivity index (χ1n) is 15.3. The Morgan fingerprint density at radius 3 is 1.91 bits per heavy atom. The van der Waals surface area contributed by atoms with Gasteiger partial charge in [0.05, 0.1) is 11.6 Å². The quantitative estimate of drug-likeness (QED) is 0.205. The Balaban J connectivity index is 1.24. The Morgan fingerprint density at radius 2 is 1.22 bits per heavy atom. The second kappa shape index (κ2) is 10.4. The fourth-order valence-electron chi connectivity index (χ4n) is 6.90. The molecule has 1 aliphatic rings. The van der Waals surface area contributed by atoms with Gasteiger partial charge in [-0.3, -0.25) is 0 Å². The van der Waals surface area contributed by atoms with Crippen LogP contribution in [0.5, 0.6) is 0 Å². The lowest BCUT2D eigenvalue weighted by molar-refractivity contribution is 0.667. The van der Waals surface area contributed by atoms with Crippen molar-refractivity contribution < 1.29 is 4.42 Å². The number of hydrogen-bond donors (Lipinski definition) is 0. The third-order valence-corrected chi connectivity index (χ3v) is 8.98. The molecule has 8 aromatic rings. The highest BCUT2D eigenvalue weighted by Gasteiger charge is 2.30. The Bertz CT molecular complexity index is 2440. The molecule has 4 nitrogen and oxygen atoms in total. The number of hydrogen-bond acceptors (Lipinski definition) is 4. The molecule has 0 radical (unpaired) electrons. The number of nitrogens with zero attached hydrogens (tertiary/aromatic N) is 3. The molecule has 4 heteroatoms. The number of fused-ring (bicyclic) bond motifs is 6. The zero-order valence-corrected chi connectivity index (χ0v) is 24.7. The van der Waals surface area contributed by atoms with E-state index >= 15 is 0 Å². The number of benzene rings is 6. The molecule has 2 heterocycles. The van der Waals surface area contributed by atoms with E-state index in [1.165, 1.54) is 22.3 Å². The number of furan rings is 1. The van der Waals surface area contributed by atoms with Crippen molar-refractivity contribution in [2.75, 3.05) is 0 Å². The summed E-state index contributed by atoms with van der Waals surface area (Å²) in [7, 11) is 0. The standard InChI is InChI=1S/C42H25N3O/c43-25-26-21-30(23-31(22-26)38-34-17-9-7-15-32(34)33-16-8-10-18-35(33)38)29-19-20-37-36(24-29)40-41(46-37)39(27-11-3-1-4-12-27)44-42(45-40)28-13-5-2-6-14-28/h1-24,38H. The van der Waals surface area contributed by atoms with Crippen LogP contribution in [0.25, 0.3) is 67.0 Å². The molecule has 0 N–H and O–H groups in total. The van der Waals surface area contributed by atoms with Crippen LogP contribution in [0, 0.1) is 11.3 Å². The van der Waals surface area contributed by atoms with Crippen LogP contribution in [0.15, 0.2) is 150 Å². The predicted octanol–water partition coefficient (Wildman–Crippen LogP) is 10.4. The minimum absolute atomic E-state index is 0.0486. The van der Waals surface area contributed by atoms with Gasteiger partial charge in [0.2, 0.25) is 0 Å². The summed E-state index contributed by atoms with van der Waals surface area (Å²) in [6, 6.07) is 52.2. The largest absolute Gasteiger partial charge is 0.452 e. The van der Waals surface area contributed by atoms with Gasteiger partial charge in [-0.2, -0.15) is 5.26 Å². The molecule has 46 heavy (non-hydrogen) atoms. The summed E-state index contributed by atoms with van der Waals surface area (Å²) in [6.45, 7) is 0. The van der Waals surface area contributed by atoms with Crippen molar-refractivity contribution in [1.82, 2.24) is 9.97 Å². The van der Waals surface area contributed by atoms with Gasteiger partial charge in [0.25, 0.3) is 0 Å². The van der Waals surface area contributed by atoms with Gasteiger partial charge in [-0.15, -0.1) is 0 Å². The Kier molecular flexibility index (Phi) is 5.91. The molecule has 0 unspecified atom stereocenters. The Hall–Kier alpha value is -6.31. The molecule has 1 aliphatic carbocycles. The Morgan fingerprint density at radius 1 is 0.565 bits per heavy atom. The maximum atomic E-state index is 10.1. The molecular weight excluding hydrogens is 562 g/mol. The number of nitriles is 1. The monoisotopic (exact) mass is 587 g/mol. The summed E-state index contributed by atoms with van der Waals surface area (Å²) in [5.41, 5.74) is 13.6. The van der Waals surface area contributed by atoms with Crippen LogP contribution in [0.2, 0.25) is 0 Å². The van der Waals surface area contributed by atoms with Crippen molar-refractivity contribution in [2.24, 2.45) is 0 Å². The van der Waals surface area contributed by atoms with E-state index in [-0.39, 0.29) is 5.92 Å². The second-order valence-electron chi connectivity index (χ2n) is 11.7. The van der Waals surface area contributed by atoms with Gasteiger partial charge in [0, 0.05) is 22.4 Å². The first kappa shape index (κ1) is 26.1. The first-order chi connectivity index (χ1) is 22.7. The molecule has 0 spiro atoms. The van der Waals surface area contributed by atoms with E-state index < -0.39 is 0 Å². The van der Waals surface area contributed by atoms with E-state index in [2.05, 4.69) is 72.8 Å². The van der Waals surface area contributed by atoms with Crippen LogP contribution in [0.4, 0.5) is 0 Å². The molecule has 0 fully saturated rings. The zero-order valence-electron chi connectivity index (χ0n) is 24.7. The minimum Gasteiger partial charge on any atom is -0.452 e. The molecule has 9 rings (SSSR count). The summed E-state index contributed by atoms with van der Waals surface area (Å²) >= 11 is 0. The molecule has 214 valence electrons. The van der Waals surface area contributed by atoms with Crippen molar-refractivity contribution in [3.8, 4) is 51.0 Å². The molecule has 2 aromatic heterocycles. The summed E-state index contributed by atoms with van der Waals surface area (Å²) < 4.78 is 6.47. The van der Waals surface area contributed by atoms with Gasteiger partial charge in [0.1, 0.15) is 16.8 Å². The summed E-state index contributed by atoms with van der Waals surface area (Å²) in [6.07, 6.45) is 0. The highest BCUT2D eigenvalue weighted by molar-refractivity contribution is 6.08. The van der Waals surface area contributed by atoms with Crippen LogP contribution < -0.4 is 0 Å². The molecule has 0 atom stereocenters. The Labute approximate surface area is 265 Å². The summed E-state index contributed by atoms with van der Waals surface area (Å²) in [5.74, 6) is 0.694. The van der Waals surface area contributed by atoms with Crippen molar-refractivity contribution in [3.63, 3.8) is 0 Å². The third-order valence-electron chi connectivity index (χ3n) is 8.98. The van der Waals surface area contributed by atoms with E-state index in [0.29, 0.717) is 17.0 Å². The van der Waals surface area contributed by atoms with Crippen LogP contribution >= 0.6 is 0 Å². The van der Waals surface area contributed by atoms with Crippen LogP contribution in [0.3, 0.4) is 0 Å². The zero-order chi connectivity index (χ0) is 30.6. The average molecular weight is 588 g/mol. The van der Waals surface area contributed by atoms with E-state index in [4.69, 9.17) is 14.4 Å². The van der Waals surface area contributed by atoms with Crippen LogP contribution in [0.1, 0.15) is 28.2 Å². The lowest BCUT2D eigenvalue weighted by Gasteiger charge is -2.16. The highest BCUT2D eigenvalue weighted by atomic mass is 16.3. The van der Waals surface area contributed by atoms with Gasteiger partial charge in [-0.05, 0) is 63.2 Å². The smallest absolute Gasteiger partial charge is 0.180 e. The molecule has 0 amide bonds. The van der Waals surface area contributed by atoms with Gasteiger partial charge >= 0.3 is 0 Å². The van der Waals surface area contributed by atoms with Crippen molar-refractivity contribution in [3.05, 3.63) is 168 Å². The van der Waals surface area contributed by atoms with Gasteiger partial charge in [-0.25, -0.2) is 9.97 Å². The molecular formula is C42H25N3O. The maximum absolute atomic E-state index is 10.1. The third kappa shape index (κ3) is 4.14. The normalized spacial score (nSPS) is 12.2. The molecule has 0 bridgehead atoms.